The molecule has 192 valence electrons. The number of hydrogen-bond donors (Lipinski definition) is 1. The molecule has 36 heavy (non-hydrogen) atoms. The highest BCUT2D eigenvalue weighted by atomic mass is 32.2. The Morgan fingerprint density at radius 1 is 1.08 bits per heavy atom. The second-order valence-corrected chi connectivity index (χ2v) is 11.9. The van der Waals surface area contributed by atoms with Crippen LogP contribution in [0.3, 0.4) is 0 Å². The van der Waals surface area contributed by atoms with E-state index in [4.69, 9.17) is 4.42 Å². The number of carbonyl (C=O) groups is 1. The molecule has 1 aliphatic heterocycles. The quantitative estimate of drug-likeness (QED) is 0.519. The molecule has 0 aliphatic carbocycles. The highest BCUT2D eigenvalue weighted by molar-refractivity contribution is 7.88. The molecule has 0 atom stereocenters. The summed E-state index contributed by atoms with van der Waals surface area (Å²) in [5.74, 6) is 0.400. The van der Waals surface area contributed by atoms with E-state index in [2.05, 4.69) is 41.0 Å². The Bertz CT molecular complexity index is 1290. The van der Waals surface area contributed by atoms with E-state index in [0.717, 1.165) is 5.56 Å². The van der Waals surface area contributed by atoms with Crippen molar-refractivity contribution in [3.8, 4) is 11.5 Å². The molecule has 0 unspecified atom stereocenters. The van der Waals surface area contributed by atoms with Gasteiger partial charge in [-0.05, 0) is 63.6 Å². The summed E-state index contributed by atoms with van der Waals surface area (Å²) in [4.78, 5) is 23.3. The first-order valence-electron chi connectivity index (χ1n) is 12.0. The van der Waals surface area contributed by atoms with Crippen molar-refractivity contribution in [1.29, 1.82) is 0 Å². The van der Waals surface area contributed by atoms with E-state index in [1.807, 2.05) is 12.1 Å². The lowest BCUT2D eigenvalue weighted by atomic mass is 10.1. The van der Waals surface area contributed by atoms with Gasteiger partial charge in [-0.25, -0.2) is 13.4 Å². The number of aromatic nitrogens is 2. The fourth-order valence-corrected chi connectivity index (χ4v) is 5.65. The molecule has 1 amide bonds. The number of piperazine rings is 1. The fourth-order valence-electron chi connectivity index (χ4n) is 4.14. The van der Waals surface area contributed by atoms with Crippen molar-refractivity contribution >= 4 is 15.9 Å². The molecule has 3 aromatic rings. The van der Waals surface area contributed by atoms with Gasteiger partial charge in [-0.15, -0.1) is 0 Å². The van der Waals surface area contributed by atoms with Gasteiger partial charge in [-0.2, -0.15) is 4.31 Å². The highest BCUT2D eigenvalue weighted by Gasteiger charge is 2.32. The number of carbonyl (C=O) groups excluding carboxylic acids is 1. The molecule has 1 saturated heterocycles. The van der Waals surface area contributed by atoms with E-state index in [1.54, 1.807) is 47.9 Å². The van der Waals surface area contributed by atoms with Crippen molar-refractivity contribution in [3.05, 3.63) is 71.4 Å². The summed E-state index contributed by atoms with van der Waals surface area (Å²) in [5, 5.41) is 2.86. The summed E-state index contributed by atoms with van der Waals surface area (Å²) in [7, 11) is -3.52. The minimum Gasteiger partial charge on any atom is -0.441 e. The Kier molecular flexibility index (Phi) is 7.58. The summed E-state index contributed by atoms with van der Waals surface area (Å²) in [6.07, 6.45) is 3.39. The Hall–Kier alpha value is -3.08. The van der Waals surface area contributed by atoms with Crippen LogP contribution in [0.2, 0.25) is 0 Å². The number of oxazole rings is 1. The van der Waals surface area contributed by atoms with Gasteiger partial charge in [0.25, 0.3) is 5.91 Å². The maximum Gasteiger partial charge on any atom is 0.251 e. The lowest BCUT2D eigenvalue weighted by Crippen LogP contribution is -2.54. The number of aryl methyl sites for hydroxylation is 1. The van der Waals surface area contributed by atoms with Crippen LogP contribution >= 0.6 is 0 Å². The van der Waals surface area contributed by atoms with E-state index in [9.17, 15) is 13.2 Å². The van der Waals surface area contributed by atoms with Gasteiger partial charge in [-0.1, -0.05) is 6.07 Å². The van der Waals surface area contributed by atoms with E-state index in [0.29, 0.717) is 61.2 Å². The maximum absolute atomic E-state index is 13.1. The van der Waals surface area contributed by atoms with Crippen LogP contribution in [0, 0.1) is 6.92 Å². The topological polar surface area (TPSA) is 109 Å². The Balaban J connectivity index is 1.39. The predicted octanol–water partition coefficient (Wildman–Crippen LogP) is 3.22. The minimum absolute atomic E-state index is 0.0169. The number of nitrogens with zero attached hydrogens (tertiary/aromatic N) is 4. The van der Waals surface area contributed by atoms with Crippen LogP contribution in [0.5, 0.6) is 0 Å². The van der Waals surface area contributed by atoms with Crippen molar-refractivity contribution < 1.29 is 17.6 Å². The van der Waals surface area contributed by atoms with Crippen LogP contribution in [0.15, 0.2) is 53.2 Å². The third-order valence-electron chi connectivity index (χ3n) is 6.36. The van der Waals surface area contributed by atoms with Crippen LogP contribution in [-0.2, 0) is 22.3 Å². The summed E-state index contributed by atoms with van der Waals surface area (Å²) in [5.41, 5.74) is 2.51. The molecular formula is C26H33N5O4S. The number of benzene rings is 1. The van der Waals surface area contributed by atoms with Crippen molar-refractivity contribution in [1.82, 2.24) is 24.5 Å². The molecule has 0 radical (unpaired) electrons. The van der Waals surface area contributed by atoms with Crippen molar-refractivity contribution in [2.24, 2.45) is 0 Å². The van der Waals surface area contributed by atoms with Crippen molar-refractivity contribution in [3.63, 3.8) is 0 Å². The van der Waals surface area contributed by atoms with Gasteiger partial charge in [-0.3, -0.25) is 14.7 Å². The van der Waals surface area contributed by atoms with E-state index in [1.165, 1.54) is 0 Å². The SMILES string of the molecule is Cc1oc(-c2ccc(C(=O)NCc3cccnc3)cc2)nc1CS(=O)(=O)N1CCN(C(C)(C)C)CC1. The summed E-state index contributed by atoms with van der Waals surface area (Å²) < 4.78 is 33.5. The van der Waals surface area contributed by atoms with Gasteiger partial charge in [0.2, 0.25) is 15.9 Å². The predicted molar refractivity (Wildman–Crippen MR) is 138 cm³/mol. The number of amides is 1. The summed E-state index contributed by atoms with van der Waals surface area (Å²) in [6.45, 7) is 10.9. The standard InChI is InChI=1S/C26H33N5O4S/c1-19-23(18-36(33,34)31-14-12-30(13-15-31)26(2,3)4)29-25(35-19)22-9-7-21(8-10-22)24(32)28-17-20-6-5-11-27-16-20/h5-11,16H,12-15,17-18H2,1-4H3,(H,28,32). The zero-order valence-corrected chi connectivity index (χ0v) is 22.0. The number of hydrogen-bond acceptors (Lipinski definition) is 7. The first kappa shape index (κ1) is 26.0. The second kappa shape index (κ2) is 10.5. The molecule has 9 nitrogen and oxygen atoms in total. The molecule has 0 saturated carbocycles. The first-order chi connectivity index (χ1) is 17.0. The largest absolute Gasteiger partial charge is 0.441 e. The lowest BCUT2D eigenvalue weighted by molar-refractivity contribution is 0.0921. The monoisotopic (exact) mass is 511 g/mol. The number of sulfonamides is 1. The van der Waals surface area contributed by atoms with Gasteiger partial charge in [0.1, 0.15) is 11.5 Å². The van der Waals surface area contributed by atoms with Crippen LogP contribution in [0.4, 0.5) is 0 Å². The zero-order chi connectivity index (χ0) is 25.9. The van der Waals surface area contributed by atoms with E-state index in [-0.39, 0.29) is 17.2 Å². The molecule has 1 fully saturated rings. The normalized spacial score (nSPS) is 15.7. The third-order valence-corrected chi connectivity index (χ3v) is 8.15. The molecule has 2 aromatic heterocycles. The number of pyridine rings is 1. The average molecular weight is 512 g/mol. The Labute approximate surface area is 212 Å². The van der Waals surface area contributed by atoms with Gasteiger partial charge in [0, 0.05) is 61.8 Å². The van der Waals surface area contributed by atoms with E-state index >= 15 is 0 Å². The molecule has 4 rings (SSSR count). The molecule has 10 heteroatoms. The summed E-state index contributed by atoms with van der Waals surface area (Å²) >= 11 is 0. The zero-order valence-electron chi connectivity index (χ0n) is 21.2. The van der Waals surface area contributed by atoms with Crippen molar-refractivity contribution in [2.75, 3.05) is 26.2 Å². The molecular weight excluding hydrogens is 478 g/mol. The van der Waals surface area contributed by atoms with Gasteiger partial charge in [0.15, 0.2) is 0 Å². The maximum atomic E-state index is 13.1. The molecule has 3 heterocycles. The van der Waals surface area contributed by atoms with Gasteiger partial charge >= 0.3 is 0 Å². The lowest BCUT2D eigenvalue weighted by Gasteiger charge is -2.41. The molecule has 0 spiro atoms. The van der Waals surface area contributed by atoms with Crippen LogP contribution < -0.4 is 5.32 Å². The molecule has 0 bridgehead atoms. The first-order valence-corrected chi connectivity index (χ1v) is 13.6. The average Bonchev–Trinajstić information content (AvgIpc) is 3.22. The van der Waals surface area contributed by atoms with E-state index < -0.39 is 10.0 Å². The molecule has 1 aromatic carbocycles. The highest BCUT2D eigenvalue weighted by Crippen LogP contribution is 2.25. The number of rotatable bonds is 7. The van der Waals surface area contributed by atoms with Crippen molar-refractivity contribution in [2.45, 2.75) is 45.5 Å². The number of nitrogens with one attached hydrogen (secondary N) is 1. The smallest absolute Gasteiger partial charge is 0.251 e. The minimum atomic E-state index is -3.52. The Morgan fingerprint density at radius 2 is 1.78 bits per heavy atom. The van der Waals surface area contributed by atoms with Gasteiger partial charge < -0.3 is 9.73 Å². The molecule has 1 aliphatic rings. The molecule has 1 N–H and O–H groups in total. The fraction of sp³-hybridized carbons (Fsp3) is 0.423. The third kappa shape index (κ3) is 6.18. The van der Waals surface area contributed by atoms with Crippen LogP contribution in [0.1, 0.15) is 48.1 Å². The van der Waals surface area contributed by atoms with Gasteiger partial charge in [0.05, 0.1) is 5.69 Å². The van der Waals surface area contributed by atoms with Crippen LogP contribution in [-0.4, -0.2) is 65.2 Å². The van der Waals surface area contributed by atoms with Crippen LogP contribution in [0.25, 0.3) is 11.5 Å². The Morgan fingerprint density at radius 3 is 2.39 bits per heavy atom. The second-order valence-electron chi connectivity index (χ2n) is 9.96. The summed E-state index contributed by atoms with van der Waals surface area (Å²) in [6, 6.07) is 10.6.